The average molecular weight is 606 g/mol. The molecule has 0 fully saturated rings. The minimum Gasteiger partial charge on any atom is -0.292 e. The zero-order valence-electron chi connectivity index (χ0n) is 24.8. The van der Waals surface area contributed by atoms with Gasteiger partial charge in [0.1, 0.15) is 5.82 Å². The molecule has 0 saturated carbocycles. The maximum Gasteiger partial charge on any atom is 0.137 e. The molecule has 0 spiro atoms. The van der Waals surface area contributed by atoms with Crippen LogP contribution in [0.4, 0.5) is 0 Å². The second-order valence-electron chi connectivity index (χ2n) is 11.4. The number of fused-ring (bicyclic) bond motifs is 9. The zero-order chi connectivity index (χ0) is 30.5. The van der Waals surface area contributed by atoms with Gasteiger partial charge in [-0.15, -0.1) is 0 Å². The van der Waals surface area contributed by atoms with Gasteiger partial charge < -0.3 is 0 Å². The van der Waals surface area contributed by atoms with Crippen molar-refractivity contribution in [2.24, 2.45) is 0 Å². The fraction of sp³-hybridized carbons (Fsp3) is 0. The van der Waals surface area contributed by atoms with E-state index in [2.05, 4.69) is 137 Å². The van der Waals surface area contributed by atoms with Gasteiger partial charge >= 0.3 is 0 Å². The Bertz CT molecular complexity index is 2460. The van der Waals surface area contributed by atoms with Crippen LogP contribution in [0.3, 0.4) is 0 Å². The third-order valence-electron chi connectivity index (χ3n) is 8.76. The Labute approximate surface area is 271 Å². The summed E-state index contributed by atoms with van der Waals surface area (Å²) in [6, 6.07) is 49.9. The number of pyridine rings is 2. The summed E-state index contributed by atoms with van der Waals surface area (Å²) in [6.07, 6.45) is 8.23. The Balaban J connectivity index is 1.24. The quantitative estimate of drug-likeness (QED) is 0.196. The van der Waals surface area contributed by atoms with Gasteiger partial charge in [-0.25, -0.2) is 4.98 Å². The molecule has 0 radical (unpaired) electrons. The lowest BCUT2D eigenvalue weighted by Gasteiger charge is -2.15. The number of hydrogen-bond acceptors (Lipinski definition) is 3. The van der Waals surface area contributed by atoms with Crippen molar-refractivity contribution in [2.75, 3.05) is 0 Å². The van der Waals surface area contributed by atoms with Crippen molar-refractivity contribution in [3.05, 3.63) is 163 Å². The van der Waals surface area contributed by atoms with Gasteiger partial charge in [-0.3, -0.25) is 9.55 Å². The summed E-state index contributed by atoms with van der Waals surface area (Å²) in [5.41, 5.74) is 12.8. The minimum absolute atomic E-state index is 0.885. The van der Waals surface area contributed by atoms with Gasteiger partial charge in [0.2, 0.25) is 0 Å². The van der Waals surface area contributed by atoms with E-state index in [0.717, 1.165) is 33.3 Å². The van der Waals surface area contributed by atoms with Crippen molar-refractivity contribution in [2.45, 2.75) is 9.79 Å². The largest absolute Gasteiger partial charge is 0.292 e. The van der Waals surface area contributed by atoms with E-state index in [-0.39, 0.29) is 0 Å². The third-order valence-corrected chi connectivity index (χ3v) is 9.91. The summed E-state index contributed by atoms with van der Waals surface area (Å²) in [7, 11) is 0. The Hall–Kier alpha value is -5.71. The van der Waals surface area contributed by atoms with Gasteiger partial charge in [0.05, 0.1) is 16.6 Å². The normalized spacial score (nSPS) is 12.9. The molecule has 0 unspecified atom stereocenters. The van der Waals surface area contributed by atoms with Crippen LogP contribution in [0, 0.1) is 0 Å². The Kier molecular flexibility index (Phi) is 6.39. The van der Waals surface area contributed by atoms with E-state index in [9.17, 15) is 0 Å². The monoisotopic (exact) mass is 605 g/mol. The molecule has 5 aromatic carbocycles. The van der Waals surface area contributed by atoms with Gasteiger partial charge in [-0.1, -0.05) is 109 Å². The lowest BCUT2D eigenvalue weighted by atomic mass is 9.93. The molecule has 0 atom stereocenters. The third kappa shape index (κ3) is 4.46. The molecular formula is C42H27N3S. The highest BCUT2D eigenvalue weighted by molar-refractivity contribution is 7.99. The van der Waals surface area contributed by atoms with Crippen molar-refractivity contribution in [3.63, 3.8) is 0 Å². The smallest absolute Gasteiger partial charge is 0.137 e. The van der Waals surface area contributed by atoms with Crippen LogP contribution in [0.5, 0.6) is 0 Å². The maximum absolute atomic E-state index is 4.82. The zero-order valence-corrected chi connectivity index (χ0v) is 25.7. The summed E-state index contributed by atoms with van der Waals surface area (Å²) in [6.45, 7) is 0. The molecular weight excluding hydrogens is 579 g/mol. The highest BCUT2D eigenvalue weighted by Crippen LogP contribution is 2.44. The molecule has 8 aromatic rings. The molecule has 0 saturated heterocycles. The predicted molar refractivity (Wildman–Crippen MR) is 192 cm³/mol. The van der Waals surface area contributed by atoms with Gasteiger partial charge in [-0.2, -0.15) is 0 Å². The molecule has 3 nitrogen and oxygen atoms in total. The molecule has 9 rings (SSSR count). The summed E-state index contributed by atoms with van der Waals surface area (Å²) in [5.74, 6) is 0.885. The first-order valence-electron chi connectivity index (χ1n) is 15.4. The lowest BCUT2D eigenvalue weighted by molar-refractivity contribution is 1.08. The molecule has 4 heteroatoms. The van der Waals surface area contributed by atoms with Gasteiger partial charge in [0, 0.05) is 27.6 Å². The number of nitrogens with zero attached hydrogens (tertiary/aromatic N) is 3. The van der Waals surface area contributed by atoms with Crippen LogP contribution in [-0.2, 0) is 0 Å². The van der Waals surface area contributed by atoms with Crippen LogP contribution in [0.25, 0.3) is 73.3 Å². The van der Waals surface area contributed by atoms with Gasteiger partial charge in [-0.05, 0) is 99.1 Å². The van der Waals surface area contributed by atoms with E-state index in [1.165, 1.54) is 48.7 Å². The number of benzene rings is 5. The topological polar surface area (TPSA) is 30.7 Å². The van der Waals surface area contributed by atoms with Crippen molar-refractivity contribution < 1.29 is 0 Å². The van der Waals surface area contributed by atoms with Crippen LogP contribution in [0.1, 0.15) is 11.1 Å². The molecule has 216 valence electrons. The van der Waals surface area contributed by atoms with Crippen LogP contribution < -0.4 is 0 Å². The fourth-order valence-electron chi connectivity index (χ4n) is 6.60. The predicted octanol–water partition coefficient (Wildman–Crippen LogP) is 11.2. The SMILES string of the molecule is C1=C\c2ccc(-c3ccc4c(c3)c3ncccc3n4-c3ccccn3)cc2-c2ccccc2Sc2ccccc2-c2ccccc2/1. The molecule has 46 heavy (non-hydrogen) atoms. The fourth-order valence-corrected chi connectivity index (χ4v) is 7.71. The van der Waals surface area contributed by atoms with Crippen molar-refractivity contribution in [1.82, 2.24) is 14.5 Å². The maximum atomic E-state index is 4.82. The molecule has 1 aliphatic heterocycles. The number of hydrogen-bond donors (Lipinski definition) is 0. The first-order chi connectivity index (χ1) is 22.8. The van der Waals surface area contributed by atoms with E-state index in [1.807, 2.05) is 48.4 Å². The Morgan fingerprint density at radius 3 is 1.91 bits per heavy atom. The van der Waals surface area contributed by atoms with E-state index in [4.69, 9.17) is 4.98 Å². The molecule has 4 heterocycles. The molecule has 0 aliphatic carbocycles. The van der Waals surface area contributed by atoms with E-state index < -0.39 is 0 Å². The van der Waals surface area contributed by atoms with Crippen LogP contribution in [0.15, 0.2) is 162 Å². The Morgan fingerprint density at radius 2 is 1.11 bits per heavy atom. The van der Waals surface area contributed by atoms with E-state index in [0.29, 0.717) is 0 Å². The van der Waals surface area contributed by atoms with Crippen molar-refractivity contribution >= 4 is 45.9 Å². The van der Waals surface area contributed by atoms with E-state index in [1.54, 1.807) is 0 Å². The summed E-state index contributed by atoms with van der Waals surface area (Å²) < 4.78 is 2.20. The molecule has 0 N–H and O–H groups in total. The number of aromatic nitrogens is 3. The van der Waals surface area contributed by atoms with Gasteiger partial charge in [0.15, 0.2) is 0 Å². The first kappa shape index (κ1) is 26.7. The van der Waals surface area contributed by atoms with Crippen LogP contribution >= 0.6 is 11.8 Å². The Morgan fingerprint density at radius 1 is 0.457 bits per heavy atom. The minimum atomic E-state index is 0.885. The van der Waals surface area contributed by atoms with E-state index >= 15 is 0 Å². The van der Waals surface area contributed by atoms with Gasteiger partial charge in [0.25, 0.3) is 0 Å². The van der Waals surface area contributed by atoms with Crippen molar-refractivity contribution in [3.8, 4) is 39.2 Å². The summed E-state index contributed by atoms with van der Waals surface area (Å²) >= 11 is 1.84. The standard InChI is InChI=1S/C42H27N3S/c1-2-11-32-28(10-1)18-19-29-20-21-30(26-35(29)34-13-4-6-16-40(34)46-39-15-5-3-12-33(32)39)31-22-23-37-36(27-31)42-38(14-9-25-44-42)45(37)41-17-7-8-24-43-41/h1-27H/b19-18-. The van der Waals surface area contributed by atoms with Crippen molar-refractivity contribution in [1.29, 1.82) is 0 Å². The highest BCUT2D eigenvalue weighted by atomic mass is 32.2. The summed E-state index contributed by atoms with van der Waals surface area (Å²) in [4.78, 5) is 12.0. The molecule has 1 aliphatic rings. The summed E-state index contributed by atoms with van der Waals surface area (Å²) in [5, 5.41) is 1.11. The second kappa shape index (κ2) is 11.0. The molecule has 3 aromatic heterocycles. The van der Waals surface area contributed by atoms with Crippen LogP contribution in [-0.4, -0.2) is 14.5 Å². The molecule has 0 bridgehead atoms. The second-order valence-corrected chi connectivity index (χ2v) is 12.5. The molecule has 0 amide bonds. The first-order valence-corrected chi connectivity index (χ1v) is 16.2. The average Bonchev–Trinajstić information content (AvgIpc) is 3.44. The highest BCUT2D eigenvalue weighted by Gasteiger charge is 2.18. The van der Waals surface area contributed by atoms with Crippen LogP contribution in [0.2, 0.25) is 0 Å². The lowest BCUT2D eigenvalue weighted by Crippen LogP contribution is -1.96. The number of rotatable bonds is 2.